The van der Waals surface area contributed by atoms with E-state index in [-0.39, 0.29) is 22.8 Å². The van der Waals surface area contributed by atoms with Crippen LogP contribution in [0.25, 0.3) is 0 Å². The molecule has 8 heteroatoms. The molecule has 0 saturated heterocycles. The number of rotatable bonds is 6. The van der Waals surface area contributed by atoms with Gasteiger partial charge in [-0.3, -0.25) is 0 Å². The number of nitriles is 2. The Morgan fingerprint density at radius 1 is 1.26 bits per heavy atom. The lowest BCUT2D eigenvalue weighted by molar-refractivity contribution is -0.136. The number of aromatic nitrogens is 1. The van der Waals surface area contributed by atoms with Crippen molar-refractivity contribution in [3.8, 4) is 12.1 Å². The molecule has 0 fully saturated rings. The van der Waals surface area contributed by atoms with Crippen molar-refractivity contribution in [3.05, 3.63) is 81.1 Å². The first-order chi connectivity index (χ1) is 16.9. The first kappa shape index (κ1) is 24.4. The van der Waals surface area contributed by atoms with Gasteiger partial charge in [0, 0.05) is 5.69 Å². The van der Waals surface area contributed by atoms with Gasteiger partial charge in [-0.15, -0.1) is 0 Å². The topological polar surface area (TPSA) is 122 Å². The number of pyridine rings is 1. The van der Waals surface area contributed by atoms with Gasteiger partial charge in [-0.2, -0.15) is 10.5 Å². The van der Waals surface area contributed by atoms with Gasteiger partial charge in [0.15, 0.2) is 0 Å². The smallest absolute Gasteiger partial charge is 0.338 e. The van der Waals surface area contributed by atoms with E-state index in [0.29, 0.717) is 22.3 Å². The summed E-state index contributed by atoms with van der Waals surface area (Å²) in [4.78, 5) is 17.7. The molecule has 2 aromatic rings. The van der Waals surface area contributed by atoms with Crippen LogP contribution in [0.15, 0.2) is 58.1 Å². The van der Waals surface area contributed by atoms with E-state index in [2.05, 4.69) is 26.0 Å². The molecule has 1 aromatic carbocycles. The fourth-order valence-electron chi connectivity index (χ4n) is 4.44. The number of allylic oxidation sites excluding steroid dienone is 1. The quantitative estimate of drug-likeness (QED) is 0.465. The minimum Gasteiger partial charge on any atom is -0.466 e. The van der Waals surface area contributed by atoms with E-state index in [0.717, 1.165) is 41.6 Å². The highest BCUT2D eigenvalue weighted by molar-refractivity contribution is 7.99. The van der Waals surface area contributed by atoms with Gasteiger partial charge >= 0.3 is 5.97 Å². The first-order valence-electron chi connectivity index (χ1n) is 11.4. The fraction of sp³-hybridized carbons (Fsp3) is 0.333. The number of nitrogens with zero attached hydrogens (tertiary/aromatic N) is 3. The Balaban J connectivity index is 1.75. The summed E-state index contributed by atoms with van der Waals surface area (Å²) in [6, 6.07) is 14.0. The van der Waals surface area contributed by atoms with E-state index in [1.54, 1.807) is 0 Å². The monoisotopic (exact) mass is 486 g/mol. The van der Waals surface area contributed by atoms with Crippen molar-refractivity contribution in [3.63, 3.8) is 0 Å². The number of hydrogen-bond donors (Lipinski definition) is 1. The number of ether oxygens (including phenoxy) is 2. The van der Waals surface area contributed by atoms with Crippen LogP contribution in [0.4, 0.5) is 0 Å². The lowest BCUT2D eigenvalue weighted by atomic mass is 9.82. The molecule has 178 valence electrons. The highest BCUT2D eigenvalue weighted by atomic mass is 32.2. The number of aryl methyl sites for hydroxylation is 2. The second-order valence-corrected chi connectivity index (χ2v) is 9.74. The minimum absolute atomic E-state index is 0.0453. The molecule has 1 aromatic heterocycles. The van der Waals surface area contributed by atoms with Crippen LogP contribution in [0.1, 0.15) is 60.1 Å². The van der Waals surface area contributed by atoms with Crippen LogP contribution in [0.3, 0.4) is 0 Å². The van der Waals surface area contributed by atoms with Gasteiger partial charge in [0.05, 0.1) is 29.9 Å². The Morgan fingerprint density at radius 3 is 2.63 bits per heavy atom. The molecule has 1 atom stereocenters. The Bertz CT molecular complexity index is 1310. The molecule has 0 spiro atoms. The molecule has 2 aliphatic rings. The largest absolute Gasteiger partial charge is 0.466 e. The summed E-state index contributed by atoms with van der Waals surface area (Å²) in [5, 5.41) is 20.1. The summed E-state index contributed by atoms with van der Waals surface area (Å²) in [5.41, 5.74) is 11.0. The lowest BCUT2D eigenvalue weighted by Gasteiger charge is -2.28. The van der Waals surface area contributed by atoms with Gasteiger partial charge in [0.25, 0.3) is 0 Å². The Morgan fingerprint density at radius 2 is 2.00 bits per heavy atom. The number of carbonyl (C=O) groups excluding carboxylic acids is 1. The van der Waals surface area contributed by atoms with Crippen LogP contribution in [0.5, 0.6) is 0 Å². The zero-order valence-electron chi connectivity index (χ0n) is 19.9. The van der Waals surface area contributed by atoms with E-state index >= 15 is 0 Å². The van der Waals surface area contributed by atoms with Crippen LogP contribution in [-0.2, 0) is 27.1 Å². The minimum atomic E-state index is -0.721. The molecule has 1 unspecified atom stereocenters. The van der Waals surface area contributed by atoms with Crippen LogP contribution < -0.4 is 5.73 Å². The fourth-order valence-corrected chi connectivity index (χ4v) is 5.36. The lowest BCUT2D eigenvalue weighted by Crippen LogP contribution is -2.26. The van der Waals surface area contributed by atoms with Gasteiger partial charge in [0.1, 0.15) is 28.5 Å². The molecule has 0 saturated carbocycles. The number of benzene rings is 1. The van der Waals surface area contributed by atoms with Crippen LogP contribution in [0.2, 0.25) is 0 Å². The Labute approximate surface area is 209 Å². The zero-order valence-corrected chi connectivity index (χ0v) is 20.7. The molecule has 1 aliphatic carbocycles. The van der Waals surface area contributed by atoms with Crippen LogP contribution >= 0.6 is 11.8 Å². The molecule has 2 heterocycles. The summed E-state index contributed by atoms with van der Waals surface area (Å²) >= 11 is 1.30. The van der Waals surface area contributed by atoms with Gasteiger partial charge in [0.2, 0.25) is 5.88 Å². The third-order valence-corrected chi connectivity index (χ3v) is 7.31. The predicted molar refractivity (Wildman–Crippen MR) is 132 cm³/mol. The van der Waals surface area contributed by atoms with Crippen molar-refractivity contribution in [1.29, 1.82) is 10.5 Å². The summed E-state index contributed by atoms with van der Waals surface area (Å²) in [5.74, 6) is -0.530. The molecule has 0 amide bonds. The zero-order chi connectivity index (χ0) is 25.1. The van der Waals surface area contributed by atoms with Crippen molar-refractivity contribution in [2.45, 2.75) is 50.0 Å². The number of esters is 1. The van der Waals surface area contributed by atoms with E-state index in [1.807, 2.05) is 30.3 Å². The van der Waals surface area contributed by atoms with Gasteiger partial charge in [-0.25, -0.2) is 9.78 Å². The normalized spacial score (nSPS) is 17.0. The summed E-state index contributed by atoms with van der Waals surface area (Å²) in [7, 11) is 1.29. The van der Waals surface area contributed by atoms with Crippen molar-refractivity contribution in [1.82, 2.24) is 4.98 Å². The summed E-state index contributed by atoms with van der Waals surface area (Å²) in [6.07, 6.45) is 2.84. The van der Waals surface area contributed by atoms with Crippen LogP contribution in [0, 0.1) is 22.7 Å². The molecule has 4 rings (SSSR count). The number of fused-ring (bicyclic) bond motifs is 1. The highest BCUT2D eigenvalue weighted by Crippen LogP contribution is 2.41. The standard InChI is InChI=1S/C27H26N4O3S/c1-15(2)16-7-9-17(10-8-16)23-20(13-29)25(30)34-22(24(23)27(32)33-3)14-35-26-19(12-28)11-18-5-4-6-21(18)31-26/h7-11,15,23H,4-6,14,30H2,1-3H3. The van der Waals surface area contributed by atoms with E-state index < -0.39 is 11.9 Å². The molecular weight excluding hydrogens is 460 g/mol. The highest BCUT2D eigenvalue weighted by Gasteiger charge is 2.37. The maximum absolute atomic E-state index is 13.0. The van der Waals surface area contributed by atoms with E-state index in [1.165, 1.54) is 18.9 Å². The average molecular weight is 487 g/mol. The summed E-state index contributed by atoms with van der Waals surface area (Å²) < 4.78 is 10.9. The Kier molecular flexibility index (Phi) is 7.14. The second-order valence-electron chi connectivity index (χ2n) is 8.78. The first-order valence-corrected chi connectivity index (χ1v) is 12.4. The third kappa shape index (κ3) is 4.76. The van der Waals surface area contributed by atoms with Gasteiger partial charge in [-0.1, -0.05) is 49.9 Å². The van der Waals surface area contributed by atoms with E-state index in [9.17, 15) is 15.3 Å². The van der Waals surface area contributed by atoms with Crippen molar-refractivity contribution in [2.24, 2.45) is 5.73 Å². The molecule has 0 radical (unpaired) electrons. The maximum atomic E-state index is 13.0. The number of thioether (sulfide) groups is 1. The van der Waals surface area contributed by atoms with Gasteiger partial charge < -0.3 is 15.2 Å². The van der Waals surface area contributed by atoms with Gasteiger partial charge in [-0.05, 0) is 47.9 Å². The Hall–Kier alpha value is -3.75. The van der Waals surface area contributed by atoms with Crippen molar-refractivity contribution in [2.75, 3.05) is 12.9 Å². The third-order valence-electron chi connectivity index (χ3n) is 6.31. The molecule has 35 heavy (non-hydrogen) atoms. The number of nitrogens with two attached hydrogens (primary N) is 1. The van der Waals surface area contributed by atoms with Crippen LogP contribution in [-0.4, -0.2) is 23.8 Å². The molecular formula is C27H26N4O3S. The van der Waals surface area contributed by atoms with Crippen molar-refractivity contribution < 1.29 is 14.3 Å². The van der Waals surface area contributed by atoms with Crippen molar-refractivity contribution >= 4 is 17.7 Å². The molecule has 0 bridgehead atoms. The number of methoxy groups -OCH3 is 1. The molecule has 2 N–H and O–H groups in total. The SMILES string of the molecule is COC(=O)C1=C(CSc2nc3c(cc2C#N)CCC3)OC(N)=C(C#N)C1c1ccc(C(C)C)cc1. The predicted octanol–water partition coefficient (Wildman–Crippen LogP) is 4.59. The second kappa shape index (κ2) is 10.2. The number of hydrogen-bond acceptors (Lipinski definition) is 8. The van der Waals surface area contributed by atoms with E-state index in [4.69, 9.17) is 20.2 Å². The maximum Gasteiger partial charge on any atom is 0.338 e. The molecule has 7 nitrogen and oxygen atoms in total. The number of carbonyl (C=O) groups is 1. The average Bonchev–Trinajstić information content (AvgIpc) is 3.33. The summed E-state index contributed by atoms with van der Waals surface area (Å²) in [6.45, 7) is 4.19. The molecule has 1 aliphatic heterocycles.